The summed E-state index contributed by atoms with van der Waals surface area (Å²) >= 11 is 0. The summed E-state index contributed by atoms with van der Waals surface area (Å²) in [6.07, 6.45) is 9.05. The van der Waals surface area contributed by atoms with Crippen LogP contribution in [0.3, 0.4) is 0 Å². The van der Waals surface area contributed by atoms with Crippen molar-refractivity contribution in [1.29, 1.82) is 0 Å². The first-order valence-corrected chi connectivity index (χ1v) is 19.8. The maximum Gasteiger partial charge on any atom is 0.138 e. The van der Waals surface area contributed by atoms with E-state index in [9.17, 15) is 0 Å². The molecule has 2 aromatic heterocycles. The summed E-state index contributed by atoms with van der Waals surface area (Å²) in [4.78, 5) is 2.43. The van der Waals surface area contributed by atoms with E-state index < -0.39 is 0 Å². The van der Waals surface area contributed by atoms with Gasteiger partial charge >= 0.3 is 0 Å². The number of anilines is 3. The van der Waals surface area contributed by atoms with E-state index in [2.05, 4.69) is 210 Å². The second-order valence-corrected chi connectivity index (χ2v) is 14.8. The smallest absolute Gasteiger partial charge is 0.138 e. The number of rotatable bonds is 7. The second-order valence-electron chi connectivity index (χ2n) is 14.8. The van der Waals surface area contributed by atoms with Gasteiger partial charge in [0.05, 0.1) is 16.7 Å². The molecule has 2 heterocycles. The van der Waals surface area contributed by atoms with Crippen LogP contribution >= 0.6 is 0 Å². The number of hydrogen-bond donors (Lipinski definition) is 0. The molecule has 0 amide bonds. The molecule has 0 radical (unpaired) electrons. The van der Waals surface area contributed by atoms with Gasteiger partial charge in [0.25, 0.3) is 0 Å². The monoisotopic (exact) mass is 730 g/mol. The van der Waals surface area contributed by atoms with Crippen molar-refractivity contribution in [3.63, 3.8) is 0 Å². The van der Waals surface area contributed by atoms with Crippen LogP contribution in [0, 0.1) is 0 Å². The van der Waals surface area contributed by atoms with Crippen molar-refractivity contribution >= 4 is 66.4 Å². The summed E-state index contributed by atoms with van der Waals surface area (Å²) in [6, 6.07) is 67.6. The Labute approximate surface area is 331 Å². The van der Waals surface area contributed by atoms with Crippen LogP contribution in [0.25, 0.3) is 77.3 Å². The summed E-state index contributed by atoms with van der Waals surface area (Å²) in [5.41, 5.74) is 15.6. The van der Waals surface area contributed by atoms with Crippen LogP contribution in [0.2, 0.25) is 0 Å². The molecule has 0 atom stereocenters. The normalized spacial score (nSPS) is 12.8. The molecule has 0 N–H and O–H groups in total. The van der Waals surface area contributed by atoms with Gasteiger partial charge in [0.15, 0.2) is 0 Å². The van der Waals surface area contributed by atoms with Crippen molar-refractivity contribution in [2.24, 2.45) is 0 Å². The summed E-state index contributed by atoms with van der Waals surface area (Å²) in [7, 11) is 0. The van der Waals surface area contributed by atoms with Crippen molar-refractivity contribution in [2.75, 3.05) is 4.90 Å². The average Bonchev–Trinajstić information content (AvgIpc) is 3.82. The molecule has 10 aromatic rings. The van der Waals surface area contributed by atoms with Crippen LogP contribution < -0.4 is 4.90 Å². The van der Waals surface area contributed by atoms with Crippen LogP contribution in [0.1, 0.15) is 18.4 Å². The SMILES string of the molecule is C1=CC(c2ccccc2N(c2ccc(-c3ccccc3)cc2)c2ccc3c4c(-c5ccccc5)c5c(cc4n(-c4ccccc4)c3c2)oc2ccccc25)=CCC1. The first kappa shape index (κ1) is 33.0. The maximum absolute atomic E-state index is 6.67. The molecule has 0 saturated heterocycles. The quantitative estimate of drug-likeness (QED) is 0.163. The highest BCUT2D eigenvalue weighted by Gasteiger charge is 2.25. The Morgan fingerprint density at radius 3 is 1.91 bits per heavy atom. The molecule has 0 unspecified atom stereocenters. The van der Waals surface area contributed by atoms with E-state index >= 15 is 0 Å². The summed E-state index contributed by atoms with van der Waals surface area (Å²) < 4.78 is 9.09. The zero-order valence-electron chi connectivity index (χ0n) is 31.3. The van der Waals surface area contributed by atoms with Crippen molar-refractivity contribution in [3.05, 3.63) is 212 Å². The van der Waals surface area contributed by atoms with Gasteiger partial charge < -0.3 is 13.9 Å². The molecule has 0 fully saturated rings. The molecule has 57 heavy (non-hydrogen) atoms. The van der Waals surface area contributed by atoms with Gasteiger partial charge in [-0.1, -0.05) is 152 Å². The van der Waals surface area contributed by atoms with E-state index in [1.165, 1.54) is 44.2 Å². The largest absolute Gasteiger partial charge is 0.456 e. The third kappa shape index (κ3) is 5.58. The minimum absolute atomic E-state index is 0.880. The molecule has 270 valence electrons. The van der Waals surface area contributed by atoms with Crippen molar-refractivity contribution < 1.29 is 4.42 Å². The highest BCUT2D eigenvalue weighted by molar-refractivity contribution is 6.27. The third-order valence-corrected chi connectivity index (χ3v) is 11.4. The standard InChI is InChI=1S/C54H38N2O/c1-5-17-37(18-6-1)38-29-31-42(32-30-38)55(47-27-15-13-25-44(47)39-19-7-2-8-20-39)43-33-34-45-48(35-43)56(41-23-11-4-12-24-41)49-36-51-54(46-26-14-16-28-50(46)57-51)52(53(45)49)40-21-9-3-10-22-40/h1,3-7,9-36H,2,8H2. The molecule has 0 spiro atoms. The van der Waals surface area contributed by atoms with E-state index in [1.54, 1.807) is 0 Å². The minimum atomic E-state index is 0.880. The van der Waals surface area contributed by atoms with Crippen LogP contribution in [-0.2, 0) is 0 Å². The lowest BCUT2D eigenvalue weighted by Gasteiger charge is -2.29. The van der Waals surface area contributed by atoms with E-state index in [0.717, 1.165) is 68.6 Å². The third-order valence-electron chi connectivity index (χ3n) is 11.4. The number of aromatic nitrogens is 1. The Hall–Kier alpha value is -7.36. The van der Waals surface area contributed by atoms with Gasteiger partial charge in [-0.25, -0.2) is 0 Å². The molecule has 11 rings (SSSR count). The van der Waals surface area contributed by atoms with Crippen LogP contribution in [0.15, 0.2) is 211 Å². The number of benzene rings is 8. The topological polar surface area (TPSA) is 21.3 Å². The molecule has 0 saturated carbocycles. The summed E-state index contributed by atoms with van der Waals surface area (Å²) in [5.74, 6) is 0. The van der Waals surface area contributed by atoms with E-state index in [4.69, 9.17) is 4.42 Å². The zero-order chi connectivity index (χ0) is 37.7. The maximum atomic E-state index is 6.67. The van der Waals surface area contributed by atoms with Gasteiger partial charge in [-0.2, -0.15) is 0 Å². The molecule has 8 aromatic carbocycles. The molecule has 3 nitrogen and oxygen atoms in total. The van der Waals surface area contributed by atoms with Gasteiger partial charge in [0, 0.05) is 55.8 Å². The Morgan fingerprint density at radius 1 is 0.474 bits per heavy atom. The number of para-hydroxylation sites is 3. The van der Waals surface area contributed by atoms with Crippen molar-refractivity contribution in [3.8, 4) is 27.9 Å². The number of furan rings is 1. The molecule has 1 aliphatic carbocycles. The Bertz CT molecular complexity index is 3150. The first-order chi connectivity index (χ1) is 28.3. The molecule has 0 aliphatic heterocycles. The molecule has 3 heteroatoms. The van der Waals surface area contributed by atoms with Crippen LogP contribution in [-0.4, -0.2) is 4.57 Å². The highest BCUT2D eigenvalue weighted by atomic mass is 16.3. The van der Waals surface area contributed by atoms with Crippen LogP contribution in [0.4, 0.5) is 17.1 Å². The average molecular weight is 731 g/mol. The Kier molecular flexibility index (Phi) is 7.96. The van der Waals surface area contributed by atoms with Crippen molar-refractivity contribution in [2.45, 2.75) is 12.8 Å². The first-order valence-electron chi connectivity index (χ1n) is 19.8. The second kappa shape index (κ2) is 13.7. The number of nitrogens with zero attached hydrogens (tertiary/aromatic N) is 2. The number of allylic oxidation sites excluding steroid dienone is 4. The summed E-state index contributed by atoms with van der Waals surface area (Å²) in [6.45, 7) is 0. The van der Waals surface area contributed by atoms with E-state index in [0.29, 0.717) is 0 Å². The van der Waals surface area contributed by atoms with Crippen molar-refractivity contribution in [1.82, 2.24) is 4.57 Å². The lowest BCUT2D eigenvalue weighted by Crippen LogP contribution is -2.12. The molecule has 1 aliphatic rings. The fourth-order valence-electron chi connectivity index (χ4n) is 8.84. The summed E-state index contributed by atoms with van der Waals surface area (Å²) in [5, 5.41) is 4.66. The van der Waals surface area contributed by atoms with E-state index in [1.807, 2.05) is 6.07 Å². The van der Waals surface area contributed by atoms with Gasteiger partial charge in [0.1, 0.15) is 11.2 Å². The van der Waals surface area contributed by atoms with Gasteiger partial charge in [-0.3, -0.25) is 0 Å². The fourth-order valence-corrected chi connectivity index (χ4v) is 8.84. The lowest BCUT2D eigenvalue weighted by atomic mass is 9.94. The lowest BCUT2D eigenvalue weighted by molar-refractivity contribution is 0.669. The number of fused-ring (bicyclic) bond motifs is 6. The fraction of sp³-hybridized carbons (Fsp3) is 0.0370. The number of hydrogen-bond acceptors (Lipinski definition) is 2. The Morgan fingerprint density at radius 2 is 1.14 bits per heavy atom. The predicted molar refractivity (Wildman–Crippen MR) is 240 cm³/mol. The zero-order valence-corrected chi connectivity index (χ0v) is 31.3. The molecule has 0 bridgehead atoms. The van der Waals surface area contributed by atoms with Gasteiger partial charge in [-0.05, 0) is 83.6 Å². The van der Waals surface area contributed by atoms with Crippen LogP contribution in [0.5, 0.6) is 0 Å². The predicted octanol–water partition coefficient (Wildman–Crippen LogP) is 15.2. The Balaban J connectivity index is 1.22. The van der Waals surface area contributed by atoms with E-state index in [-0.39, 0.29) is 0 Å². The molecular weight excluding hydrogens is 693 g/mol. The minimum Gasteiger partial charge on any atom is -0.456 e. The van der Waals surface area contributed by atoms with Gasteiger partial charge in [0.2, 0.25) is 0 Å². The highest BCUT2D eigenvalue weighted by Crippen LogP contribution is 2.48. The molecular formula is C54H38N2O. The van der Waals surface area contributed by atoms with Gasteiger partial charge in [-0.15, -0.1) is 0 Å².